The Morgan fingerprint density at radius 3 is 2.71 bits per heavy atom. The zero-order valence-corrected chi connectivity index (χ0v) is 9.62. The van der Waals surface area contributed by atoms with Gasteiger partial charge in [0.25, 0.3) is 0 Å². The Kier molecular flexibility index (Phi) is 3.44. The van der Waals surface area contributed by atoms with E-state index in [2.05, 4.69) is 5.32 Å². The van der Waals surface area contributed by atoms with Gasteiger partial charge in [0.15, 0.2) is 0 Å². The molecule has 1 aromatic carbocycles. The fraction of sp³-hybridized carbons (Fsp3) is 0.0833. The number of carbonyl (C=O) groups excluding carboxylic acids is 1. The fourth-order valence-corrected chi connectivity index (χ4v) is 1.58. The van der Waals surface area contributed by atoms with Gasteiger partial charge in [-0.2, -0.15) is 0 Å². The number of rotatable bonds is 3. The van der Waals surface area contributed by atoms with Gasteiger partial charge in [-0.15, -0.1) is 0 Å². The molecular formula is C12H10ClFN2O. The summed E-state index contributed by atoms with van der Waals surface area (Å²) in [4.78, 5) is 11.6. The van der Waals surface area contributed by atoms with E-state index in [1.165, 1.54) is 12.1 Å². The van der Waals surface area contributed by atoms with Gasteiger partial charge in [0, 0.05) is 17.4 Å². The van der Waals surface area contributed by atoms with Gasteiger partial charge in [-0.05, 0) is 30.3 Å². The standard InChI is InChI=1S/C12H10ClFN2O/c13-9-3-4-11(10(14)7-9)15-12(17)8-16-5-1-2-6-16/h1-7H,8H2,(H,15,17). The lowest BCUT2D eigenvalue weighted by molar-refractivity contribution is -0.116. The number of nitrogens with one attached hydrogen (secondary N) is 1. The first-order chi connectivity index (χ1) is 8.15. The molecule has 1 N–H and O–H groups in total. The van der Waals surface area contributed by atoms with Crippen LogP contribution in [0.15, 0.2) is 42.7 Å². The van der Waals surface area contributed by atoms with Crippen LogP contribution in [0.4, 0.5) is 10.1 Å². The van der Waals surface area contributed by atoms with E-state index < -0.39 is 5.82 Å². The van der Waals surface area contributed by atoms with Crippen LogP contribution in [0, 0.1) is 5.82 Å². The predicted molar refractivity (Wildman–Crippen MR) is 64.5 cm³/mol. The van der Waals surface area contributed by atoms with Crippen LogP contribution in [-0.4, -0.2) is 10.5 Å². The van der Waals surface area contributed by atoms with Crippen molar-refractivity contribution in [2.45, 2.75) is 6.54 Å². The molecule has 0 atom stereocenters. The lowest BCUT2D eigenvalue weighted by Gasteiger charge is -2.07. The van der Waals surface area contributed by atoms with Crippen LogP contribution in [0.2, 0.25) is 5.02 Å². The van der Waals surface area contributed by atoms with Crippen LogP contribution in [0.25, 0.3) is 0 Å². The van der Waals surface area contributed by atoms with Crippen molar-refractivity contribution in [3.05, 3.63) is 53.6 Å². The molecule has 3 nitrogen and oxygen atoms in total. The maximum absolute atomic E-state index is 13.4. The van der Waals surface area contributed by atoms with Gasteiger partial charge >= 0.3 is 0 Å². The molecule has 0 bridgehead atoms. The lowest BCUT2D eigenvalue weighted by atomic mass is 10.3. The molecule has 2 aromatic rings. The Balaban J connectivity index is 2.03. The van der Waals surface area contributed by atoms with Gasteiger partial charge in [-0.3, -0.25) is 4.79 Å². The maximum atomic E-state index is 13.4. The number of halogens is 2. The Morgan fingerprint density at radius 2 is 2.06 bits per heavy atom. The van der Waals surface area contributed by atoms with Crippen LogP contribution >= 0.6 is 11.6 Å². The highest BCUT2D eigenvalue weighted by molar-refractivity contribution is 6.30. The zero-order chi connectivity index (χ0) is 12.3. The van der Waals surface area contributed by atoms with Crippen LogP contribution in [0.3, 0.4) is 0 Å². The minimum atomic E-state index is -0.543. The molecule has 1 amide bonds. The molecule has 0 saturated heterocycles. The topological polar surface area (TPSA) is 34.0 Å². The van der Waals surface area contributed by atoms with Crippen molar-refractivity contribution >= 4 is 23.2 Å². The molecule has 88 valence electrons. The summed E-state index contributed by atoms with van der Waals surface area (Å²) in [6.07, 6.45) is 3.52. The van der Waals surface area contributed by atoms with Crippen LogP contribution < -0.4 is 5.32 Å². The Hall–Kier alpha value is -1.81. The van der Waals surface area contributed by atoms with Crippen molar-refractivity contribution in [1.29, 1.82) is 0 Å². The molecule has 2 rings (SSSR count). The third-order valence-electron chi connectivity index (χ3n) is 2.20. The Morgan fingerprint density at radius 1 is 1.35 bits per heavy atom. The molecule has 0 unspecified atom stereocenters. The van der Waals surface area contributed by atoms with Crippen molar-refractivity contribution in [3.8, 4) is 0 Å². The largest absolute Gasteiger partial charge is 0.345 e. The summed E-state index contributed by atoms with van der Waals surface area (Å²) in [6.45, 7) is 0.148. The van der Waals surface area contributed by atoms with Crippen molar-refractivity contribution in [2.75, 3.05) is 5.32 Å². The molecule has 0 saturated carbocycles. The summed E-state index contributed by atoms with van der Waals surface area (Å²) in [5, 5.41) is 2.78. The van der Waals surface area contributed by atoms with E-state index in [0.717, 1.165) is 6.07 Å². The van der Waals surface area contributed by atoms with Gasteiger partial charge < -0.3 is 9.88 Å². The summed E-state index contributed by atoms with van der Waals surface area (Å²) in [6, 6.07) is 7.75. The van der Waals surface area contributed by atoms with Crippen molar-refractivity contribution in [1.82, 2.24) is 4.57 Å². The molecule has 1 aromatic heterocycles. The first kappa shape index (κ1) is 11.7. The highest BCUT2D eigenvalue weighted by Crippen LogP contribution is 2.18. The second-order valence-electron chi connectivity index (χ2n) is 3.53. The summed E-state index contributed by atoms with van der Waals surface area (Å²) >= 11 is 5.61. The van der Waals surface area contributed by atoms with E-state index in [0.29, 0.717) is 5.02 Å². The quantitative estimate of drug-likeness (QED) is 0.895. The lowest BCUT2D eigenvalue weighted by Crippen LogP contribution is -2.18. The number of anilines is 1. The van der Waals surface area contributed by atoms with Crippen LogP contribution in [-0.2, 0) is 11.3 Å². The molecule has 5 heteroatoms. The molecule has 0 aliphatic heterocycles. The summed E-state index contributed by atoms with van der Waals surface area (Å²) < 4.78 is 15.1. The minimum absolute atomic E-state index is 0.131. The fourth-order valence-electron chi connectivity index (χ4n) is 1.42. The van der Waals surface area contributed by atoms with Gasteiger partial charge in [0.1, 0.15) is 12.4 Å². The van der Waals surface area contributed by atoms with E-state index in [-0.39, 0.29) is 18.1 Å². The number of carbonyl (C=O) groups is 1. The molecule has 0 fully saturated rings. The number of amides is 1. The van der Waals surface area contributed by atoms with E-state index in [1.54, 1.807) is 17.0 Å². The number of benzene rings is 1. The molecular weight excluding hydrogens is 243 g/mol. The van der Waals surface area contributed by atoms with Crippen molar-refractivity contribution in [3.63, 3.8) is 0 Å². The first-order valence-corrected chi connectivity index (χ1v) is 5.38. The number of hydrogen-bond acceptors (Lipinski definition) is 1. The monoisotopic (exact) mass is 252 g/mol. The number of aromatic nitrogens is 1. The second kappa shape index (κ2) is 5.01. The predicted octanol–water partition coefficient (Wildman–Crippen LogP) is 2.92. The highest BCUT2D eigenvalue weighted by Gasteiger charge is 2.07. The molecule has 17 heavy (non-hydrogen) atoms. The first-order valence-electron chi connectivity index (χ1n) is 5.01. The number of hydrogen-bond donors (Lipinski definition) is 1. The average Bonchev–Trinajstić information content (AvgIpc) is 2.75. The third-order valence-corrected chi connectivity index (χ3v) is 2.43. The maximum Gasteiger partial charge on any atom is 0.244 e. The summed E-state index contributed by atoms with van der Waals surface area (Å²) in [5.41, 5.74) is 0.131. The van der Waals surface area contributed by atoms with E-state index in [9.17, 15) is 9.18 Å². The second-order valence-corrected chi connectivity index (χ2v) is 3.96. The number of nitrogens with zero attached hydrogens (tertiary/aromatic N) is 1. The highest BCUT2D eigenvalue weighted by atomic mass is 35.5. The molecule has 0 aliphatic rings. The SMILES string of the molecule is O=C(Cn1cccc1)Nc1ccc(Cl)cc1F. The van der Waals surface area contributed by atoms with Crippen molar-refractivity contribution in [2.24, 2.45) is 0 Å². The van der Waals surface area contributed by atoms with E-state index in [1.807, 2.05) is 12.1 Å². The van der Waals surface area contributed by atoms with Crippen LogP contribution in [0.1, 0.15) is 0 Å². The van der Waals surface area contributed by atoms with Gasteiger partial charge in [-0.25, -0.2) is 4.39 Å². The normalized spacial score (nSPS) is 10.2. The van der Waals surface area contributed by atoms with Crippen molar-refractivity contribution < 1.29 is 9.18 Å². The third kappa shape index (κ3) is 3.07. The van der Waals surface area contributed by atoms with Gasteiger partial charge in [0.05, 0.1) is 5.69 Å². The Labute approximate surface area is 103 Å². The van der Waals surface area contributed by atoms with Gasteiger partial charge in [0.2, 0.25) is 5.91 Å². The molecule has 0 aliphatic carbocycles. The summed E-state index contributed by atoms with van der Waals surface area (Å²) in [7, 11) is 0. The molecule has 0 spiro atoms. The Bertz CT molecular complexity index is 525. The van der Waals surface area contributed by atoms with E-state index >= 15 is 0 Å². The minimum Gasteiger partial charge on any atom is -0.345 e. The van der Waals surface area contributed by atoms with E-state index in [4.69, 9.17) is 11.6 Å². The average molecular weight is 253 g/mol. The van der Waals surface area contributed by atoms with Crippen LogP contribution in [0.5, 0.6) is 0 Å². The zero-order valence-electron chi connectivity index (χ0n) is 8.86. The van der Waals surface area contributed by atoms with Gasteiger partial charge in [-0.1, -0.05) is 11.6 Å². The molecule has 1 heterocycles. The smallest absolute Gasteiger partial charge is 0.244 e. The summed E-state index contributed by atoms with van der Waals surface area (Å²) in [5.74, 6) is -0.833. The molecule has 0 radical (unpaired) electrons.